The van der Waals surface area contributed by atoms with Crippen molar-refractivity contribution in [1.29, 1.82) is 0 Å². The minimum absolute atomic E-state index is 0.00803. The lowest BCUT2D eigenvalue weighted by atomic mass is 9.85. The first kappa shape index (κ1) is 17.7. The highest BCUT2D eigenvalue weighted by molar-refractivity contribution is 5.83. The summed E-state index contributed by atoms with van der Waals surface area (Å²) >= 11 is 0. The second kappa shape index (κ2) is 7.29. The van der Waals surface area contributed by atoms with Gasteiger partial charge in [-0.05, 0) is 62.6 Å². The molecule has 0 radical (unpaired) electrons. The van der Waals surface area contributed by atoms with Gasteiger partial charge < -0.3 is 10.1 Å². The van der Waals surface area contributed by atoms with Crippen LogP contribution in [0.4, 0.5) is 0 Å². The van der Waals surface area contributed by atoms with Gasteiger partial charge in [0.15, 0.2) is 0 Å². The molecule has 0 saturated heterocycles. The van der Waals surface area contributed by atoms with E-state index in [1.54, 1.807) is 6.92 Å². The van der Waals surface area contributed by atoms with Crippen molar-refractivity contribution in [2.75, 3.05) is 0 Å². The molecule has 1 aliphatic carbocycles. The fraction of sp³-hybridized carbons (Fsp3) is 0.600. The van der Waals surface area contributed by atoms with Crippen molar-refractivity contribution < 1.29 is 9.59 Å². The van der Waals surface area contributed by atoms with E-state index < -0.39 is 5.41 Å². The monoisotopic (exact) mass is 315 g/mol. The Hall–Kier alpha value is -1.64. The van der Waals surface area contributed by atoms with E-state index >= 15 is 0 Å². The maximum Gasteiger partial charge on any atom is 0.226 e. The molecule has 0 saturated carbocycles. The summed E-state index contributed by atoms with van der Waals surface area (Å²) in [5.41, 5.74) is 3.54. The van der Waals surface area contributed by atoms with E-state index in [0.717, 1.165) is 6.42 Å². The van der Waals surface area contributed by atoms with Crippen LogP contribution in [0.2, 0.25) is 0 Å². The third-order valence-electron chi connectivity index (χ3n) is 4.94. The van der Waals surface area contributed by atoms with Gasteiger partial charge in [-0.2, -0.15) is 0 Å². The Morgan fingerprint density at radius 2 is 1.83 bits per heavy atom. The average Bonchev–Trinajstić information content (AvgIpc) is 2.52. The van der Waals surface area contributed by atoms with Gasteiger partial charge in [0, 0.05) is 11.8 Å². The molecule has 1 N–H and O–H groups in total. The second-order valence-electron chi connectivity index (χ2n) is 7.52. The van der Waals surface area contributed by atoms with Gasteiger partial charge in [-0.1, -0.05) is 32.0 Å². The van der Waals surface area contributed by atoms with Gasteiger partial charge in [0.25, 0.3) is 0 Å². The van der Waals surface area contributed by atoms with Crippen LogP contribution >= 0.6 is 0 Å². The van der Waals surface area contributed by atoms with Crippen LogP contribution in [-0.2, 0) is 22.4 Å². The topological polar surface area (TPSA) is 46.2 Å². The summed E-state index contributed by atoms with van der Waals surface area (Å²) < 4.78 is 0. The maximum absolute atomic E-state index is 12.5. The molecule has 1 aromatic carbocycles. The van der Waals surface area contributed by atoms with E-state index in [9.17, 15) is 9.59 Å². The first-order valence-corrected chi connectivity index (χ1v) is 8.72. The van der Waals surface area contributed by atoms with Crippen LogP contribution in [0.5, 0.6) is 0 Å². The molecular weight excluding hydrogens is 286 g/mol. The lowest BCUT2D eigenvalue weighted by molar-refractivity contribution is -0.130. The Morgan fingerprint density at radius 1 is 1.17 bits per heavy atom. The van der Waals surface area contributed by atoms with E-state index in [-0.39, 0.29) is 17.7 Å². The van der Waals surface area contributed by atoms with Crippen LogP contribution in [-0.4, -0.2) is 11.7 Å². The number of rotatable bonds is 6. The molecule has 2 rings (SSSR count). The van der Waals surface area contributed by atoms with E-state index in [2.05, 4.69) is 23.5 Å². The number of amides is 1. The van der Waals surface area contributed by atoms with Gasteiger partial charge in [0.2, 0.25) is 5.91 Å². The van der Waals surface area contributed by atoms with Crippen molar-refractivity contribution in [2.24, 2.45) is 5.41 Å². The normalized spacial score (nSPS) is 15.7. The molecule has 0 aromatic heterocycles. The largest absolute Gasteiger partial charge is 0.349 e. The lowest BCUT2D eigenvalue weighted by Crippen LogP contribution is -2.38. The quantitative estimate of drug-likeness (QED) is 0.857. The molecule has 1 amide bonds. The van der Waals surface area contributed by atoms with Gasteiger partial charge in [-0.3, -0.25) is 4.79 Å². The van der Waals surface area contributed by atoms with Gasteiger partial charge in [-0.15, -0.1) is 0 Å². The highest BCUT2D eigenvalue weighted by Gasteiger charge is 2.29. The second-order valence-corrected chi connectivity index (χ2v) is 7.52. The van der Waals surface area contributed by atoms with Crippen LogP contribution < -0.4 is 5.32 Å². The number of aryl methyl sites for hydroxylation is 2. The van der Waals surface area contributed by atoms with E-state index in [4.69, 9.17) is 0 Å². The summed E-state index contributed by atoms with van der Waals surface area (Å²) in [6.45, 7) is 7.42. The third-order valence-corrected chi connectivity index (χ3v) is 4.94. The molecule has 3 heteroatoms. The number of nitrogens with one attached hydrogen (secondary N) is 1. The smallest absolute Gasteiger partial charge is 0.226 e. The molecule has 0 heterocycles. The molecule has 0 unspecified atom stereocenters. The Bertz CT molecular complexity index is 589. The van der Waals surface area contributed by atoms with E-state index in [1.165, 1.54) is 36.0 Å². The number of ketones is 1. The van der Waals surface area contributed by atoms with Crippen molar-refractivity contribution >= 4 is 11.7 Å². The maximum atomic E-state index is 12.5. The summed E-state index contributed by atoms with van der Waals surface area (Å²) in [7, 11) is 0. The number of fused-ring (bicyclic) bond motifs is 1. The molecule has 3 nitrogen and oxygen atoms in total. The Balaban J connectivity index is 2.01. The molecule has 0 spiro atoms. The van der Waals surface area contributed by atoms with Gasteiger partial charge in [-0.25, -0.2) is 0 Å². The lowest BCUT2D eigenvalue weighted by Gasteiger charge is -2.26. The first-order valence-electron chi connectivity index (χ1n) is 8.72. The molecule has 0 fully saturated rings. The molecule has 1 atom stereocenters. The zero-order valence-electron chi connectivity index (χ0n) is 14.9. The first-order chi connectivity index (χ1) is 10.8. The number of benzene rings is 1. The van der Waals surface area contributed by atoms with Crippen molar-refractivity contribution in [3.8, 4) is 0 Å². The molecular formula is C20H29NO2. The summed E-state index contributed by atoms with van der Waals surface area (Å²) in [5.74, 6) is 0.151. The van der Waals surface area contributed by atoms with Gasteiger partial charge in [0.05, 0.1) is 6.04 Å². The van der Waals surface area contributed by atoms with Crippen molar-refractivity contribution in [1.82, 2.24) is 5.32 Å². The van der Waals surface area contributed by atoms with E-state index in [1.807, 2.05) is 20.8 Å². The minimum atomic E-state index is -0.520. The number of Topliss-reactive ketones (excluding diaryl/α,β-unsaturated/α-hetero) is 1. The van der Waals surface area contributed by atoms with Crippen LogP contribution in [0.1, 0.15) is 76.1 Å². The number of hydrogen-bond donors (Lipinski definition) is 1. The zero-order valence-corrected chi connectivity index (χ0v) is 14.9. The van der Waals surface area contributed by atoms with Crippen molar-refractivity contribution in [2.45, 2.75) is 72.3 Å². The predicted molar refractivity (Wildman–Crippen MR) is 93.3 cm³/mol. The average molecular weight is 315 g/mol. The Morgan fingerprint density at radius 3 is 2.48 bits per heavy atom. The van der Waals surface area contributed by atoms with Crippen LogP contribution in [0.3, 0.4) is 0 Å². The van der Waals surface area contributed by atoms with Crippen molar-refractivity contribution in [3.05, 3.63) is 34.9 Å². The van der Waals surface area contributed by atoms with Crippen LogP contribution in [0.25, 0.3) is 0 Å². The summed E-state index contributed by atoms with van der Waals surface area (Å²) in [4.78, 5) is 23.7. The summed E-state index contributed by atoms with van der Waals surface area (Å²) in [6, 6.07) is 6.60. The number of hydrogen-bond acceptors (Lipinski definition) is 2. The zero-order chi connectivity index (χ0) is 17.0. The van der Waals surface area contributed by atoms with Gasteiger partial charge >= 0.3 is 0 Å². The third kappa shape index (κ3) is 4.66. The fourth-order valence-corrected chi connectivity index (χ4v) is 3.10. The summed E-state index contributed by atoms with van der Waals surface area (Å²) in [6.07, 6.45) is 5.90. The molecule has 1 aromatic rings. The standard InChI is InChI=1S/C20H29NO2/c1-14(22)11-12-20(3,4)19(23)21-15(2)17-10-9-16-7-5-6-8-18(16)13-17/h9-10,13,15H,5-8,11-12H2,1-4H3,(H,21,23)/t15-/m0/s1. The summed E-state index contributed by atoms with van der Waals surface area (Å²) in [5, 5.41) is 3.12. The highest BCUT2D eigenvalue weighted by Crippen LogP contribution is 2.27. The predicted octanol–water partition coefficient (Wildman–Crippen LogP) is 4.14. The van der Waals surface area contributed by atoms with Crippen LogP contribution in [0.15, 0.2) is 18.2 Å². The van der Waals surface area contributed by atoms with Gasteiger partial charge in [0.1, 0.15) is 5.78 Å². The Kier molecular flexibility index (Phi) is 5.61. The molecule has 1 aliphatic rings. The molecule has 126 valence electrons. The molecule has 23 heavy (non-hydrogen) atoms. The van der Waals surface area contributed by atoms with Crippen molar-refractivity contribution in [3.63, 3.8) is 0 Å². The fourth-order valence-electron chi connectivity index (χ4n) is 3.10. The number of carbonyl (C=O) groups is 2. The SMILES string of the molecule is CC(=O)CCC(C)(C)C(=O)N[C@@H](C)c1ccc2c(c1)CCCC2. The molecule has 0 bridgehead atoms. The van der Waals surface area contributed by atoms with E-state index in [0.29, 0.717) is 12.8 Å². The molecule has 0 aliphatic heterocycles. The Labute approximate surface area is 139 Å². The highest BCUT2D eigenvalue weighted by atomic mass is 16.2. The minimum Gasteiger partial charge on any atom is -0.349 e. The van der Waals surface area contributed by atoms with Crippen LogP contribution in [0, 0.1) is 5.41 Å². The number of carbonyl (C=O) groups excluding carboxylic acids is 2.